The molecule has 0 amide bonds. The van der Waals surface area contributed by atoms with Crippen molar-refractivity contribution in [2.75, 3.05) is 26.3 Å². The van der Waals surface area contributed by atoms with E-state index in [0.29, 0.717) is 29.4 Å². The maximum Gasteiger partial charge on any atom is 0.271 e. The Morgan fingerprint density at radius 2 is 2.00 bits per heavy atom. The van der Waals surface area contributed by atoms with Crippen molar-refractivity contribution in [2.45, 2.75) is 6.92 Å². The molecule has 0 spiro atoms. The molecule has 0 atom stereocenters. The molecule has 23 heavy (non-hydrogen) atoms. The first kappa shape index (κ1) is 16.3. The summed E-state index contributed by atoms with van der Waals surface area (Å²) < 4.78 is 16.1. The second-order valence-corrected chi connectivity index (χ2v) is 4.24. The maximum atomic E-state index is 11.1. The average Bonchev–Trinajstić information content (AvgIpc) is 2.56. The van der Waals surface area contributed by atoms with Crippen LogP contribution in [-0.2, 0) is 0 Å². The smallest absolute Gasteiger partial charge is 0.271 e. The van der Waals surface area contributed by atoms with Crippen molar-refractivity contribution in [2.24, 2.45) is 5.10 Å². The van der Waals surface area contributed by atoms with E-state index in [9.17, 15) is 4.79 Å². The predicted molar refractivity (Wildman–Crippen MR) is 84.6 cm³/mol. The molecular weight excluding hydrogens is 302 g/mol. The van der Waals surface area contributed by atoms with Crippen LogP contribution in [0.5, 0.6) is 17.2 Å². The van der Waals surface area contributed by atoms with E-state index in [1.165, 1.54) is 6.21 Å². The van der Waals surface area contributed by atoms with Gasteiger partial charge in [0.1, 0.15) is 6.20 Å². The van der Waals surface area contributed by atoms with Gasteiger partial charge in [-0.1, -0.05) is 0 Å². The summed E-state index contributed by atoms with van der Waals surface area (Å²) >= 11 is 0. The summed E-state index contributed by atoms with van der Waals surface area (Å²) in [7, 11) is 3.08. The summed E-state index contributed by atoms with van der Waals surface area (Å²) in [6.07, 6.45) is 2.59. The third kappa shape index (κ3) is 4.19. The number of benzene rings is 1. The summed E-state index contributed by atoms with van der Waals surface area (Å²) in [5, 5.41) is 11.2. The first-order valence-corrected chi connectivity index (χ1v) is 6.77. The van der Waals surface area contributed by atoms with Gasteiger partial charge in [0, 0.05) is 5.56 Å². The number of aromatic amines is 1. The number of H-pyrrole nitrogens is 1. The summed E-state index contributed by atoms with van der Waals surface area (Å²) in [5.41, 5.74) is 2.91. The van der Waals surface area contributed by atoms with Crippen LogP contribution in [-0.4, -0.2) is 42.2 Å². The van der Waals surface area contributed by atoms with E-state index >= 15 is 0 Å². The number of aromatic nitrogens is 3. The largest absolute Gasteiger partial charge is 0.493 e. The highest BCUT2D eigenvalue weighted by Gasteiger charge is 2.13. The molecule has 122 valence electrons. The van der Waals surface area contributed by atoms with Crippen molar-refractivity contribution in [1.29, 1.82) is 0 Å². The zero-order valence-corrected chi connectivity index (χ0v) is 13.0. The Morgan fingerprint density at radius 1 is 1.30 bits per heavy atom. The van der Waals surface area contributed by atoms with E-state index in [4.69, 9.17) is 14.2 Å². The van der Waals surface area contributed by atoms with Crippen LogP contribution >= 0.6 is 0 Å². The van der Waals surface area contributed by atoms with Crippen LogP contribution in [0.4, 0.5) is 5.95 Å². The van der Waals surface area contributed by atoms with Crippen molar-refractivity contribution in [3.63, 3.8) is 0 Å². The molecule has 9 nitrogen and oxygen atoms in total. The summed E-state index contributed by atoms with van der Waals surface area (Å²) in [4.78, 5) is 13.5. The topological polar surface area (TPSA) is 111 Å². The molecule has 0 bridgehead atoms. The van der Waals surface area contributed by atoms with E-state index in [1.54, 1.807) is 26.4 Å². The van der Waals surface area contributed by atoms with Gasteiger partial charge >= 0.3 is 0 Å². The fraction of sp³-hybridized carbons (Fsp3) is 0.286. The quantitative estimate of drug-likeness (QED) is 0.579. The lowest BCUT2D eigenvalue weighted by Crippen LogP contribution is -2.10. The standard InChI is InChI=1S/C14H17N5O4/c1-4-23-13-10(21-2)5-9(6-11(13)22-3)7-15-18-14-17-12(20)8-16-19-14/h5-8H,4H2,1-3H3,(H2,17,18,19,20)/b15-7+. The molecule has 0 fully saturated rings. The van der Waals surface area contributed by atoms with E-state index < -0.39 is 0 Å². The minimum absolute atomic E-state index is 0.138. The van der Waals surface area contributed by atoms with E-state index in [2.05, 4.69) is 25.7 Å². The van der Waals surface area contributed by atoms with Gasteiger partial charge < -0.3 is 14.2 Å². The van der Waals surface area contributed by atoms with Crippen LogP contribution in [0.1, 0.15) is 12.5 Å². The molecule has 0 aliphatic carbocycles. The number of rotatable bonds is 7. The molecular formula is C14H17N5O4. The second-order valence-electron chi connectivity index (χ2n) is 4.24. The Bertz CT molecular complexity index is 719. The molecule has 0 saturated carbocycles. The molecule has 0 saturated heterocycles. The van der Waals surface area contributed by atoms with Gasteiger partial charge in [-0.25, -0.2) is 5.43 Å². The monoisotopic (exact) mass is 319 g/mol. The van der Waals surface area contributed by atoms with Crippen molar-refractivity contribution < 1.29 is 14.2 Å². The number of nitrogens with one attached hydrogen (secondary N) is 2. The zero-order valence-electron chi connectivity index (χ0n) is 13.0. The fourth-order valence-corrected chi connectivity index (χ4v) is 1.79. The molecule has 1 heterocycles. The molecule has 2 aromatic rings. The minimum atomic E-state index is -0.373. The highest BCUT2D eigenvalue weighted by Crippen LogP contribution is 2.38. The lowest BCUT2D eigenvalue weighted by molar-refractivity contribution is 0.288. The highest BCUT2D eigenvalue weighted by atomic mass is 16.5. The normalized spacial score (nSPS) is 10.6. The van der Waals surface area contributed by atoms with Gasteiger partial charge in [0.15, 0.2) is 11.5 Å². The second kappa shape index (κ2) is 7.78. The average molecular weight is 319 g/mol. The molecule has 2 rings (SSSR count). The maximum absolute atomic E-state index is 11.1. The van der Waals surface area contributed by atoms with Crippen molar-refractivity contribution in [3.05, 3.63) is 34.2 Å². The number of nitrogens with zero attached hydrogens (tertiary/aromatic N) is 3. The number of hydrazone groups is 1. The Labute approximate surface area is 132 Å². The SMILES string of the molecule is CCOc1c(OC)cc(/C=N/Nc2nncc(=O)[nH]2)cc1OC. The van der Waals surface area contributed by atoms with Crippen LogP contribution in [0.15, 0.2) is 28.2 Å². The highest BCUT2D eigenvalue weighted by molar-refractivity contribution is 5.82. The van der Waals surface area contributed by atoms with Gasteiger partial charge in [0.05, 0.1) is 27.0 Å². The Kier molecular flexibility index (Phi) is 5.50. The van der Waals surface area contributed by atoms with Gasteiger partial charge in [-0.05, 0) is 19.1 Å². The number of hydrogen-bond acceptors (Lipinski definition) is 8. The van der Waals surface area contributed by atoms with Crippen LogP contribution < -0.4 is 25.2 Å². The summed E-state index contributed by atoms with van der Waals surface area (Å²) in [6, 6.07) is 3.50. The van der Waals surface area contributed by atoms with Crippen molar-refractivity contribution in [3.8, 4) is 17.2 Å². The first-order chi connectivity index (χ1) is 11.2. The lowest BCUT2D eigenvalue weighted by atomic mass is 10.2. The molecule has 0 aliphatic heterocycles. The zero-order chi connectivity index (χ0) is 16.7. The van der Waals surface area contributed by atoms with Gasteiger partial charge in [-0.3, -0.25) is 9.78 Å². The van der Waals surface area contributed by atoms with Gasteiger partial charge in [-0.2, -0.15) is 5.10 Å². The predicted octanol–water partition coefficient (Wildman–Crippen LogP) is 1.03. The van der Waals surface area contributed by atoms with Crippen LogP contribution in [0.3, 0.4) is 0 Å². The minimum Gasteiger partial charge on any atom is -0.493 e. The third-order valence-electron chi connectivity index (χ3n) is 2.73. The number of methoxy groups -OCH3 is 2. The number of hydrogen-bond donors (Lipinski definition) is 2. The van der Waals surface area contributed by atoms with Crippen molar-refractivity contribution in [1.82, 2.24) is 15.2 Å². The van der Waals surface area contributed by atoms with Gasteiger partial charge in [0.25, 0.3) is 5.56 Å². The molecule has 0 radical (unpaired) electrons. The van der Waals surface area contributed by atoms with E-state index in [0.717, 1.165) is 6.20 Å². The van der Waals surface area contributed by atoms with Crippen LogP contribution in [0.2, 0.25) is 0 Å². The third-order valence-corrected chi connectivity index (χ3v) is 2.73. The van der Waals surface area contributed by atoms with E-state index in [-0.39, 0.29) is 11.5 Å². The van der Waals surface area contributed by atoms with Crippen molar-refractivity contribution >= 4 is 12.2 Å². The summed E-state index contributed by atoms with van der Waals surface area (Å²) in [5.74, 6) is 1.72. The Morgan fingerprint density at radius 3 is 2.57 bits per heavy atom. The lowest BCUT2D eigenvalue weighted by Gasteiger charge is -2.14. The summed E-state index contributed by atoms with van der Waals surface area (Å²) in [6.45, 7) is 2.36. The molecule has 1 aromatic carbocycles. The van der Waals surface area contributed by atoms with Gasteiger partial charge in [-0.15, -0.1) is 10.2 Å². The molecule has 1 aromatic heterocycles. The Balaban J connectivity index is 2.22. The van der Waals surface area contributed by atoms with Gasteiger partial charge in [0.2, 0.25) is 11.7 Å². The number of ether oxygens (including phenoxy) is 3. The number of anilines is 1. The first-order valence-electron chi connectivity index (χ1n) is 6.77. The molecule has 9 heteroatoms. The fourth-order valence-electron chi connectivity index (χ4n) is 1.79. The van der Waals surface area contributed by atoms with Crippen LogP contribution in [0.25, 0.3) is 0 Å². The molecule has 2 N–H and O–H groups in total. The van der Waals surface area contributed by atoms with E-state index in [1.807, 2.05) is 6.92 Å². The Hall–Kier alpha value is -3.10. The molecule has 0 unspecified atom stereocenters. The van der Waals surface area contributed by atoms with Crippen LogP contribution in [0, 0.1) is 0 Å². The molecule has 0 aliphatic rings.